The molecule has 0 radical (unpaired) electrons. The number of carbonyl (C=O) groups excluding carboxylic acids is 3. The average molecular weight is 566 g/mol. The molecule has 11 nitrogen and oxygen atoms in total. The third kappa shape index (κ3) is 11.0. The van der Waals surface area contributed by atoms with Crippen molar-refractivity contribution >= 4 is 24.2 Å². The maximum absolute atomic E-state index is 12.7. The van der Waals surface area contributed by atoms with Crippen LogP contribution in [0.2, 0.25) is 0 Å². The molecule has 1 saturated carbocycles. The molecule has 2 unspecified atom stereocenters. The first-order valence-corrected chi connectivity index (χ1v) is 13.9. The molecular formula is C29H43NO10. The van der Waals surface area contributed by atoms with E-state index in [1.807, 2.05) is 27.7 Å². The molecule has 1 aliphatic rings. The van der Waals surface area contributed by atoms with Crippen LogP contribution in [0.4, 0.5) is 9.59 Å². The Morgan fingerprint density at radius 1 is 0.875 bits per heavy atom. The number of carboxylic acids is 1. The van der Waals surface area contributed by atoms with Crippen LogP contribution in [0.15, 0.2) is 18.2 Å². The van der Waals surface area contributed by atoms with E-state index in [0.717, 1.165) is 32.1 Å². The standard InChI is InChI=1S/C29H43NO10/c1-17(2)15-36-28(34)39-23-12-11-21(14-24(23)40-29(35)37-16-18(3)4)22(25(30)26(31)32)13-19(5)38-27(33)20-9-7-6-8-10-20/h11-12,14,17-20,22,25H,6-10,13,15-16,30H2,1-5H3,(H,31,32)/t19?,22?,25-/m0/s1. The lowest BCUT2D eigenvalue weighted by atomic mass is 9.86. The Balaban J connectivity index is 2.30. The van der Waals surface area contributed by atoms with Gasteiger partial charge in [0.25, 0.3) is 0 Å². The quantitative estimate of drug-likeness (QED) is 0.178. The molecule has 3 atom stereocenters. The van der Waals surface area contributed by atoms with Crippen LogP contribution in [0.25, 0.3) is 0 Å². The van der Waals surface area contributed by atoms with E-state index >= 15 is 0 Å². The van der Waals surface area contributed by atoms with E-state index in [1.165, 1.54) is 18.2 Å². The van der Waals surface area contributed by atoms with Crippen molar-refractivity contribution in [3.63, 3.8) is 0 Å². The zero-order chi connectivity index (χ0) is 29.8. The summed E-state index contributed by atoms with van der Waals surface area (Å²) in [5.74, 6) is -2.72. The van der Waals surface area contributed by atoms with Crippen molar-refractivity contribution in [1.29, 1.82) is 0 Å². The van der Waals surface area contributed by atoms with Gasteiger partial charge >= 0.3 is 24.2 Å². The summed E-state index contributed by atoms with van der Waals surface area (Å²) in [6, 6.07) is 2.88. The second-order valence-electron chi connectivity index (χ2n) is 11.1. The van der Waals surface area contributed by atoms with Crippen molar-refractivity contribution in [3.8, 4) is 11.5 Å². The van der Waals surface area contributed by atoms with Gasteiger partial charge in [-0.2, -0.15) is 0 Å². The van der Waals surface area contributed by atoms with E-state index in [1.54, 1.807) is 6.92 Å². The van der Waals surface area contributed by atoms with Crippen LogP contribution in [-0.4, -0.2) is 54.7 Å². The summed E-state index contributed by atoms with van der Waals surface area (Å²) in [4.78, 5) is 49.1. The molecule has 1 aliphatic carbocycles. The highest BCUT2D eigenvalue weighted by Gasteiger charge is 2.31. The lowest BCUT2D eigenvalue weighted by Crippen LogP contribution is -2.38. The van der Waals surface area contributed by atoms with Gasteiger partial charge in [-0.05, 0) is 55.7 Å². The Bertz CT molecular complexity index is 1000. The van der Waals surface area contributed by atoms with Gasteiger partial charge in [0.05, 0.1) is 25.2 Å². The highest BCUT2D eigenvalue weighted by atomic mass is 16.7. The van der Waals surface area contributed by atoms with Gasteiger partial charge in [0.15, 0.2) is 11.5 Å². The lowest BCUT2D eigenvalue weighted by Gasteiger charge is -2.27. The van der Waals surface area contributed by atoms with Gasteiger partial charge in [-0.25, -0.2) is 9.59 Å². The fourth-order valence-corrected chi connectivity index (χ4v) is 4.33. The zero-order valence-corrected chi connectivity index (χ0v) is 24.1. The average Bonchev–Trinajstić information content (AvgIpc) is 2.90. The Hall–Kier alpha value is -3.34. The molecule has 1 aromatic rings. The minimum Gasteiger partial charge on any atom is -0.480 e. The summed E-state index contributed by atoms with van der Waals surface area (Å²) in [7, 11) is 0. The van der Waals surface area contributed by atoms with Gasteiger partial charge in [0.1, 0.15) is 6.04 Å². The number of esters is 1. The van der Waals surface area contributed by atoms with Crippen molar-refractivity contribution in [2.75, 3.05) is 13.2 Å². The van der Waals surface area contributed by atoms with E-state index in [4.69, 9.17) is 29.4 Å². The van der Waals surface area contributed by atoms with Crippen LogP contribution in [0.3, 0.4) is 0 Å². The predicted octanol–water partition coefficient (Wildman–Crippen LogP) is 5.43. The largest absolute Gasteiger partial charge is 0.513 e. The summed E-state index contributed by atoms with van der Waals surface area (Å²) >= 11 is 0. The smallest absolute Gasteiger partial charge is 0.480 e. The number of hydrogen-bond acceptors (Lipinski definition) is 10. The zero-order valence-electron chi connectivity index (χ0n) is 24.1. The highest BCUT2D eigenvalue weighted by molar-refractivity contribution is 5.75. The molecule has 224 valence electrons. The van der Waals surface area contributed by atoms with E-state index < -0.39 is 36.3 Å². The minimum absolute atomic E-state index is 0.0522. The second kappa shape index (κ2) is 16.1. The number of aliphatic carboxylic acids is 1. The van der Waals surface area contributed by atoms with E-state index in [0.29, 0.717) is 5.56 Å². The molecule has 0 spiro atoms. The van der Waals surface area contributed by atoms with Gasteiger partial charge in [-0.15, -0.1) is 0 Å². The van der Waals surface area contributed by atoms with Crippen molar-refractivity contribution in [1.82, 2.24) is 0 Å². The Morgan fingerprint density at radius 3 is 1.95 bits per heavy atom. The molecule has 0 amide bonds. The van der Waals surface area contributed by atoms with E-state index in [-0.39, 0.29) is 54.9 Å². The van der Waals surface area contributed by atoms with E-state index in [2.05, 4.69) is 0 Å². The summed E-state index contributed by atoms with van der Waals surface area (Å²) < 4.78 is 26.4. The van der Waals surface area contributed by atoms with Crippen LogP contribution < -0.4 is 15.2 Å². The lowest BCUT2D eigenvalue weighted by molar-refractivity contribution is -0.155. The van der Waals surface area contributed by atoms with Gasteiger partial charge in [0, 0.05) is 5.92 Å². The molecule has 0 aliphatic heterocycles. The van der Waals surface area contributed by atoms with E-state index in [9.17, 15) is 24.3 Å². The fraction of sp³-hybridized carbons (Fsp3) is 0.655. The Morgan fingerprint density at radius 2 is 1.43 bits per heavy atom. The maximum Gasteiger partial charge on any atom is 0.513 e. The predicted molar refractivity (Wildman–Crippen MR) is 145 cm³/mol. The van der Waals surface area contributed by atoms with Crippen LogP contribution in [0.1, 0.15) is 84.6 Å². The molecule has 0 heterocycles. The van der Waals surface area contributed by atoms with Crippen LogP contribution in [0, 0.1) is 17.8 Å². The van der Waals surface area contributed by atoms with Crippen molar-refractivity contribution in [2.24, 2.45) is 23.5 Å². The number of nitrogens with two attached hydrogens (primary N) is 1. The summed E-state index contributed by atoms with van der Waals surface area (Å²) in [5.41, 5.74) is 6.44. The molecule has 1 fully saturated rings. The molecule has 40 heavy (non-hydrogen) atoms. The molecule has 3 N–H and O–H groups in total. The monoisotopic (exact) mass is 565 g/mol. The first kappa shape index (κ1) is 32.9. The number of carboxylic acid groups (broad SMARTS) is 1. The number of rotatable bonds is 13. The number of hydrogen-bond donors (Lipinski definition) is 2. The number of ether oxygens (including phenoxy) is 5. The van der Waals surface area contributed by atoms with Gasteiger partial charge in [-0.1, -0.05) is 53.0 Å². The normalized spacial score (nSPS) is 16.1. The fourth-order valence-electron chi connectivity index (χ4n) is 4.33. The van der Waals surface area contributed by atoms with Gasteiger partial charge < -0.3 is 34.5 Å². The third-order valence-electron chi connectivity index (χ3n) is 6.41. The second-order valence-corrected chi connectivity index (χ2v) is 11.1. The highest BCUT2D eigenvalue weighted by Crippen LogP contribution is 2.35. The molecular weight excluding hydrogens is 522 g/mol. The first-order valence-electron chi connectivity index (χ1n) is 13.9. The molecule has 11 heteroatoms. The minimum atomic E-state index is -1.36. The van der Waals surface area contributed by atoms with Crippen LogP contribution in [0.5, 0.6) is 11.5 Å². The summed E-state index contributed by atoms with van der Waals surface area (Å²) in [5, 5.41) is 9.70. The maximum atomic E-state index is 12.7. The van der Waals surface area contributed by atoms with Crippen molar-refractivity contribution in [2.45, 2.75) is 91.2 Å². The van der Waals surface area contributed by atoms with Gasteiger partial charge in [-0.3, -0.25) is 9.59 Å². The SMILES string of the molecule is CC(C)COC(=O)Oc1ccc(C(CC(C)OC(=O)C2CCCCC2)[C@H](N)C(=O)O)cc1OC(=O)OCC(C)C. The Kier molecular flexibility index (Phi) is 13.2. The van der Waals surface area contributed by atoms with Crippen LogP contribution >= 0.6 is 0 Å². The molecule has 0 bridgehead atoms. The third-order valence-corrected chi connectivity index (χ3v) is 6.41. The van der Waals surface area contributed by atoms with Crippen molar-refractivity contribution < 1.29 is 48.0 Å². The molecule has 0 saturated heterocycles. The number of carbonyl (C=O) groups is 4. The first-order chi connectivity index (χ1) is 18.9. The summed E-state index contributed by atoms with van der Waals surface area (Å²) in [6.45, 7) is 9.34. The van der Waals surface area contributed by atoms with Gasteiger partial charge in [0.2, 0.25) is 0 Å². The number of benzene rings is 1. The van der Waals surface area contributed by atoms with Crippen LogP contribution in [-0.2, 0) is 23.8 Å². The molecule has 2 rings (SSSR count). The Labute approximate surface area is 235 Å². The van der Waals surface area contributed by atoms with Crippen molar-refractivity contribution in [3.05, 3.63) is 23.8 Å². The molecule has 0 aromatic heterocycles. The molecule has 1 aromatic carbocycles. The summed E-state index contributed by atoms with van der Waals surface area (Å²) in [6.07, 6.45) is 2.04. The topological polar surface area (TPSA) is 161 Å².